The number of carbonyl (C=O) groups is 1. The van der Waals surface area contributed by atoms with Gasteiger partial charge in [-0.2, -0.15) is 0 Å². The molecule has 0 aromatic heterocycles. The maximum Gasteiger partial charge on any atom is 0.254 e. The summed E-state index contributed by atoms with van der Waals surface area (Å²) in [6.45, 7) is 0.276. The predicted octanol–water partition coefficient (Wildman–Crippen LogP) is 1.71. The van der Waals surface area contributed by atoms with Crippen LogP contribution < -0.4 is 5.73 Å². The Labute approximate surface area is 114 Å². The van der Waals surface area contributed by atoms with Gasteiger partial charge in [-0.3, -0.25) is 4.79 Å². The minimum absolute atomic E-state index is 0.0220. The molecule has 1 aliphatic carbocycles. The van der Waals surface area contributed by atoms with E-state index in [4.69, 9.17) is 10.9 Å². The smallest absolute Gasteiger partial charge is 0.254 e. The number of hydrogen-bond donors (Lipinski definition) is 2. The Hall–Kier alpha value is -2.18. The highest BCUT2D eigenvalue weighted by molar-refractivity contribution is 5.95. The second kappa shape index (κ2) is 5.85. The molecule has 1 amide bonds. The summed E-state index contributed by atoms with van der Waals surface area (Å²) >= 11 is 0. The van der Waals surface area contributed by atoms with Crippen LogP contribution in [-0.2, 0) is 0 Å². The first-order chi connectivity index (χ1) is 9.52. The van der Waals surface area contributed by atoms with E-state index in [2.05, 4.69) is 5.16 Å². The van der Waals surface area contributed by atoms with Crippen molar-refractivity contribution in [2.45, 2.75) is 25.3 Å². The molecule has 0 saturated heterocycles. The van der Waals surface area contributed by atoms with Crippen molar-refractivity contribution < 1.29 is 18.8 Å². The van der Waals surface area contributed by atoms with E-state index in [1.165, 1.54) is 6.07 Å². The maximum absolute atomic E-state index is 13.2. The Bertz CT molecular complexity index is 544. The number of nitrogens with zero attached hydrogens (tertiary/aromatic N) is 2. The number of oxime groups is 1. The van der Waals surface area contributed by atoms with Crippen molar-refractivity contribution in [2.24, 2.45) is 10.9 Å². The normalized spacial score (nSPS) is 15.2. The Balaban J connectivity index is 2.12. The van der Waals surface area contributed by atoms with Gasteiger partial charge in [-0.1, -0.05) is 5.16 Å². The van der Waals surface area contributed by atoms with Crippen LogP contribution in [0.5, 0.6) is 0 Å². The molecule has 3 N–H and O–H groups in total. The Morgan fingerprint density at radius 1 is 1.40 bits per heavy atom. The molecule has 0 bridgehead atoms. The van der Waals surface area contributed by atoms with E-state index < -0.39 is 11.6 Å². The fourth-order valence-electron chi connectivity index (χ4n) is 1.92. The lowest BCUT2D eigenvalue weighted by Gasteiger charge is -2.22. The van der Waals surface area contributed by atoms with Gasteiger partial charge in [0.05, 0.1) is 0 Å². The van der Waals surface area contributed by atoms with Gasteiger partial charge in [0.15, 0.2) is 11.6 Å². The molecule has 20 heavy (non-hydrogen) atoms. The average molecular weight is 283 g/mol. The summed E-state index contributed by atoms with van der Waals surface area (Å²) in [5.41, 5.74) is 5.47. The molecule has 1 saturated carbocycles. The van der Waals surface area contributed by atoms with E-state index >= 15 is 0 Å². The maximum atomic E-state index is 13.2. The van der Waals surface area contributed by atoms with Gasteiger partial charge in [0.2, 0.25) is 0 Å². The van der Waals surface area contributed by atoms with Crippen molar-refractivity contribution in [3.05, 3.63) is 35.4 Å². The van der Waals surface area contributed by atoms with E-state index in [0.717, 1.165) is 25.0 Å². The van der Waals surface area contributed by atoms with Crippen LogP contribution in [0, 0.1) is 11.6 Å². The zero-order valence-corrected chi connectivity index (χ0v) is 10.7. The molecule has 0 aliphatic heterocycles. The van der Waals surface area contributed by atoms with E-state index in [9.17, 15) is 13.6 Å². The molecule has 1 fully saturated rings. The van der Waals surface area contributed by atoms with Crippen LogP contribution in [0.2, 0.25) is 0 Å². The number of amides is 1. The van der Waals surface area contributed by atoms with Gasteiger partial charge in [0.25, 0.3) is 5.91 Å². The van der Waals surface area contributed by atoms with Gasteiger partial charge in [-0.05, 0) is 31.0 Å². The number of amidine groups is 1. The first-order valence-corrected chi connectivity index (χ1v) is 6.25. The third-order valence-electron chi connectivity index (χ3n) is 3.15. The monoisotopic (exact) mass is 283 g/mol. The zero-order valence-electron chi connectivity index (χ0n) is 10.7. The number of rotatable bonds is 5. The van der Waals surface area contributed by atoms with Crippen LogP contribution in [0.1, 0.15) is 29.6 Å². The molecular weight excluding hydrogens is 268 g/mol. The van der Waals surface area contributed by atoms with Gasteiger partial charge in [-0.15, -0.1) is 0 Å². The summed E-state index contributed by atoms with van der Waals surface area (Å²) < 4.78 is 26.0. The summed E-state index contributed by atoms with van der Waals surface area (Å²) in [6.07, 6.45) is 1.96. The molecule has 2 rings (SSSR count). The third-order valence-corrected chi connectivity index (χ3v) is 3.15. The summed E-state index contributed by atoms with van der Waals surface area (Å²) in [5, 5.41) is 11.3. The fourth-order valence-corrected chi connectivity index (χ4v) is 1.92. The van der Waals surface area contributed by atoms with Gasteiger partial charge in [0, 0.05) is 24.6 Å². The molecule has 0 unspecified atom stereocenters. The summed E-state index contributed by atoms with van der Waals surface area (Å²) in [7, 11) is 0. The van der Waals surface area contributed by atoms with Gasteiger partial charge >= 0.3 is 0 Å². The lowest BCUT2D eigenvalue weighted by Crippen LogP contribution is -2.36. The molecule has 0 heterocycles. The quantitative estimate of drug-likeness (QED) is 0.373. The Kier molecular flexibility index (Phi) is 4.16. The highest BCUT2D eigenvalue weighted by Gasteiger charge is 2.33. The minimum atomic E-state index is -1.05. The molecule has 0 radical (unpaired) electrons. The van der Waals surface area contributed by atoms with Gasteiger partial charge < -0.3 is 15.8 Å². The summed E-state index contributed by atoms with van der Waals surface area (Å²) in [4.78, 5) is 13.8. The van der Waals surface area contributed by atoms with E-state index in [-0.39, 0.29) is 36.3 Å². The topological polar surface area (TPSA) is 78.9 Å². The molecule has 1 aromatic rings. The van der Waals surface area contributed by atoms with E-state index in [0.29, 0.717) is 0 Å². The lowest BCUT2D eigenvalue weighted by atomic mass is 10.1. The average Bonchev–Trinajstić information content (AvgIpc) is 3.26. The number of carbonyl (C=O) groups excluding carboxylic acids is 1. The number of halogens is 2. The predicted molar refractivity (Wildman–Crippen MR) is 68.4 cm³/mol. The first-order valence-electron chi connectivity index (χ1n) is 6.25. The van der Waals surface area contributed by atoms with Crippen molar-refractivity contribution in [1.29, 1.82) is 0 Å². The summed E-state index contributed by atoms with van der Waals surface area (Å²) in [5.74, 6) is -2.40. The largest absolute Gasteiger partial charge is 0.409 e. The Morgan fingerprint density at radius 3 is 2.65 bits per heavy atom. The van der Waals surface area contributed by atoms with Crippen LogP contribution >= 0.6 is 0 Å². The highest BCUT2D eigenvalue weighted by atomic mass is 19.2. The zero-order chi connectivity index (χ0) is 14.7. The second-order valence-corrected chi connectivity index (χ2v) is 4.70. The molecule has 0 spiro atoms. The molecule has 108 valence electrons. The highest BCUT2D eigenvalue weighted by Crippen LogP contribution is 2.28. The summed E-state index contributed by atoms with van der Waals surface area (Å²) in [6, 6.07) is 3.15. The number of benzene rings is 1. The fraction of sp³-hybridized carbons (Fsp3) is 0.385. The molecule has 1 aliphatic rings. The van der Waals surface area contributed by atoms with Crippen LogP contribution in [0.25, 0.3) is 0 Å². The van der Waals surface area contributed by atoms with E-state index in [1.54, 1.807) is 4.90 Å². The van der Waals surface area contributed by atoms with Crippen molar-refractivity contribution >= 4 is 11.7 Å². The standard InChI is InChI=1S/C13H15F2N3O2/c14-10-4-1-8(7-11(10)15)13(19)18(9-2-3-9)6-5-12(16)17-20/h1,4,7,9,20H,2-3,5-6H2,(H2,16,17). The minimum Gasteiger partial charge on any atom is -0.409 e. The van der Waals surface area contributed by atoms with Gasteiger partial charge in [0.1, 0.15) is 5.84 Å². The molecule has 7 heteroatoms. The SMILES string of the molecule is NC(CCN(C(=O)c1ccc(F)c(F)c1)C1CC1)=NO. The Morgan fingerprint density at radius 2 is 2.10 bits per heavy atom. The van der Waals surface area contributed by atoms with Crippen LogP contribution in [-0.4, -0.2) is 34.4 Å². The second-order valence-electron chi connectivity index (χ2n) is 4.70. The van der Waals surface area contributed by atoms with Crippen molar-refractivity contribution in [3.8, 4) is 0 Å². The van der Waals surface area contributed by atoms with Crippen molar-refractivity contribution in [3.63, 3.8) is 0 Å². The van der Waals surface area contributed by atoms with Crippen molar-refractivity contribution in [1.82, 2.24) is 4.90 Å². The van der Waals surface area contributed by atoms with Gasteiger partial charge in [-0.25, -0.2) is 8.78 Å². The molecule has 5 nitrogen and oxygen atoms in total. The van der Waals surface area contributed by atoms with Crippen LogP contribution in [0.3, 0.4) is 0 Å². The van der Waals surface area contributed by atoms with Crippen molar-refractivity contribution in [2.75, 3.05) is 6.54 Å². The number of nitrogens with two attached hydrogens (primary N) is 1. The number of hydrogen-bond acceptors (Lipinski definition) is 3. The molecule has 0 atom stereocenters. The lowest BCUT2D eigenvalue weighted by molar-refractivity contribution is 0.0747. The van der Waals surface area contributed by atoms with Crippen LogP contribution in [0.4, 0.5) is 8.78 Å². The van der Waals surface area contributed by atoms with E-state index in [1.807, 2.05) is 0 Å². The molecule has 1 aromatic carbocycles. The van der Waals surface area contributed by atoms with Crippen LogP contribution in [0.15, 0.2) is 23.4 Å². The first kappa shape index (κ1) is 14.2. The third kappa shape index (κ3) is 3.23. The molecular formula is C13H15F2N3O2.